The zero-order valence-electron chi connectivity index (χ0n) is 20.9. The zero-order chi connectivity index (χ0) is 26.1. The van der Waals surface area contributed by atoms with Crippen LogP contribution in [0.4, 0.5) is 0 Å². The number of amides is 2. The number of benzene rings is 2. The zero-order valence-corrected chi connectivity index (χ0v) is 20.9. The molecule has 0 spiro atoms. The lowest BCUT2D eigenvalue weighted by atomic mass is 9.76. The third-order valence-electron chi connectivity index (χ3n) is 6.41. The maximum absolute atomic E-state index is 12.7. The van der Waals surface area contributed by atoms with Crippen LogP contribution in [0.15, 0.2) is 54.1 Å². The molecule has 3 N–H and O–H groups in total. The molecule has 1 aliphatic rings. The number of carbonyl (C=O) groups is 2. The predicted molar refractivity (Wildman–Crippen MR) is 139 cm³/mol. The molecule has 3 rings (SSSR count). The molecule has 9 heteroatoms. The number of hydrogen-bond acceptors (Lipinski definition) is 6. The summed E-state index contributed by atoms with van der Waals surface area (Å²) in [5.41, 5.74) is 3.98. The van der Waals surface area contributed by atoms with Crippen LogP contribution in [0.1, 0.15) is 36.1 Å². The van der Waals surface area contributed by atoms with Crippen LogP contribution < -0.4 is 5.32 Å². The third-order valence-corrected chi connectivity index (χ3v) is 6.41. The summed E-state index contributed by atoms with van der Waals surface area (Å²) in [6, 6.07) is 17.3. The van der Waals surface area contributed by atoms with Gasteiger partial charge in [-0.25, -0.2) is 0 Å². The lowest BCUT2D eigenvalue weighted by molar-refractivity contribution is -0.126. The Bertz CT molecular complexity index is 1130. The van der Waals surface area contributed by atoms with Gasteiger partial charge in [-0.1, -0.05) is 48.5 Å². The minimum atomic E-state index is -1.67. The van der Waals surface area contributed by atoms with Gasteiger partial charge in [-0.3, -0.25) is 14.5 Å². The van der Waals surface area contributed by atoms with Crippen LogP contribution in [0, 0.1) is 11.3 Å². The summed E-state index contributed by atoms with van der Waals surface area (Å²) < 4.78 is 0. The van der Waals surface area contributed by atoms with Gasteiger partial charge in [0, 0.05) is 26.2 Å². The van der Waals surface area contributed by atoms with E-state index in [2.05, 4.69) is 5.32 Å². The Hall–Kier alpha value is -3.45. The highest BCUT2D eigenvalue weighted by Gasteiger charge is 2.27. The van der Waals surface area contributed by atoms with Gasteiger partial charge < -0.3 is 20.3 Å². The van der Waals surface area contributed by atoms with Crippen LogP contribution >= 0.6 is 0 Å². The van der Waals surface area contributed by atoms with Gasteiger partial charge in [-0.05, 0) is 55.0 Å². The van der Waals surface area contributed by atoms with Crippen molar-refractivity contribution in [3.63, 3.8) is 0 Å². The number of nitriles is 1. The van der Waals surface area contributed by atoms with E-state index in [1.165, 1.54) is 5.56 Å². The molecule has 0 saturated heterocycles. The van der Waals surface area contributed by atoms with Crippen LogP contribution in [-0.2, 0) is 29.0 Å². The van der Waals surface area contributed by atoms with Gasteiger partial charge in [-0.2, -0.15) is 5.26 Å². The number of nitrogens with zero attached hydrogens (tertiary/aromatic N) is 3. The van der Waals surface area contributed by atoms with E-state index < -0.39 is 13.1 Å². The normalized spacial score (nSPS) is 14.4. The van der Waals surface area contributed by atoms with E-state index in [0.29, 0.717) is 32.6 Å². The SMILES string of the molecule is CCN(CC)C(=O)C(C#N)=Cc1ccc2c(c1)CN(CC(=O)NC(Cc1ccccc1)B(O)O)CC2. The number of hydrogen-bond donors (Lipinski definition) is 3. The fourth-order valence-corrected chi connectivity index (χ4v) is 4.40. The van der Waals surface area contributed by atoms with Crippen molar-refractivity contribution in [2.24, 2.45) is 0 Å². The van der Waals surface area contributed by atoms with Crippen LogP contribution in [0.2, 0.25) is 0 Å². The van der Waals surface area contributed by atoms with Crippen molar-refractivity contribution in [1.29, 1.82) is 5.26 Å². The second kappa shape index (κ2) is 13.0. The highest BCUT2D eigenvalue weighted by molar-refractivity contribution is 6.43. The monoisotopic (exact) mass is 488 g/mol. The molecule has 1 heterocycles. The summed E-state index contributed by atoms with van der Waals surface area (Å²) in [6.07, 6.45) is 2.70. The number of rotatable bonds is 10. The van der Waals surface area contributed by atoms with Gasteiger partial charge >= 0.3 is 7.12 Å². The predicted octanol–water partition coefficient (Wildman–Crippen LogP) is 1.56. The molecule has 2 aromatic carbocycles. The number of nitrogens with one attached hydrogen (secondary N) is 1. The van der Waals surface area contributed by atoms with E-state index in [0.717, 1.165) is 23.1 Å². The van der Waals surface area contributed by atoms with Crippen molar-refractivity contribution in [3.8, 4) is 6.07 Å². The topological polar surface area (TPSA) is 117 Å². The molecule has 0 radical (unpaired) electrons. The van der Waals surface area contributed by atoms with Crippen molar-refractivity contribution >= 4 is 25.0 Å². The summed E-state index contributed by atoms with van der Waals surface area (Å²) in [7, 11) is -1.67. The van der Waals surface area contributed by atoms with Gasteiger partial charge in [-0.15, -0.1) is 0 Å². The average molecular weight is 488 g/mol. The number of carbonyl (C=O) groups excluding carboxylic acids is 2. The minimum absolute atomic E-state index is 0.0951. The first kappa shape index (κ1) is 27.1. The molecular formula is C27H33BN4O4. The highest BCUT2D eigenvalue weighted by atomic mass is 16.4. The van der Waals surface area contributed by atoms with Gasteiger partial charge in [0.15, 0.2) is 0 Å². The Morgan fingerprint density at radius 3 is 2.53 bits per heavy atom. The summed E-state index contributed by atoms with van der Waals surface area (Å²) in [4.78, 5) is 28.9. The van der Waals surface area contributed by atoms with Crippen molar-refractivity contribution in [2.75, 3.05) is 26.2 Å². The van der Waals surface area contributed by atoms with E-state index in [4.69, 9.17) is 0 Å². The molecule has 8 nitrogen and oxygen atoms in total. The van der Waals surface area contributed by atoms with E-state index >= 15 is 0 Å². The molecular weight excluding hydrogens is 455 g/mol. The van der Waals surface area contributed by atoms with Crippen LogP contribution in [0.3, 0.4) is 0 Å². The first-order valence-corrected chi connectivity index (χ1v) is 12.3. The van der Waals surface area contributed by atoms with Crippen molar-refractivity contribution in [3.05, 3.63) is 76.4 Å². The maximum Gasteiger partial charge on any atom is 0.475 e. The van der Waals surface area contributed by atoms with E-state index in [-0.39, 0.29) is 23.9 Å². The molecule has 0 aromatic heterocycles. The smallest absolute Gasteiger partial charge is 0.426 e. The standard InChI is InChI=1S/C27H33BN4O4/c1-3-32(4-2)27(34)23(17-29)14-21-10-11-22-12-13-31(18-24(22)15-21)19-26(33)30-25(28(35)36)16-20-8-6-5-7-9-20/h5-11,14-15,25,35-36H,3-4,12-13,16,18-19H2,1-2H3,(H,30,33). The first-order chi connectivity index (χ1) is 17.3. The summed E-state index contributed by atoms with van der Waals surface area (Å²) in [5.74, 6) is -1.36. The molecule has 0 bridgehead atoms. The summed E-state index contributed by atoms with van der Waals surface area (Å²) in [6.45, 7) is 6.20. The molecule has 2 amide bonds. The summed E-state index contributed by atoms with van der Waals surface area (Å²) in [5, 5.41) is 31.8. The largest absolute Gasteiger partial charge is 0.475 e. The highest BCUT2D eigenvalue weighted by Crippen LogP contribution is 2.22. The number of fused-ring (bicyclic) bond motifs is 1. The summed E-state index contributed by atoms with van der Waals surface area (Å²) >= 11 is 0. The molecule has 0 saturated carbocycles. The molecule has 0 aliphatic carbocycles. The molecule has 188 valence electrons. The Balaban J connectivity index is 1.66. The van der Waals surface area contributed by atoms with Gasteiger partial charge in [0.05, 0.1) is 12.5 Å². The van der Waals surface area contributed by atoms with Crippen LogP contribution in [-0.4, -0.2) is 70.9 Å². The second-order valence-electron chi connectivity index (χ2n) is 8.91. The van der Waals surface area contributed by atoms with Gasteiger partial charge in [0.25, 0.3) is 5.91 Å². The third kappa shape index (κ3) is 7.28. The Kier molecular flexibility index (Phi) is 9.82. The van der Waals surface area contributed by atoms with Gasteiger partial charge in [0.1, 0.15) is 11.6 Å². The Morgan fingerprint density at radius 1 is 1.17 bits per heavy atom. The second-order valence-corrected chi connectivity index (χ2v) is 8.91. The minimum Gasteiger partial charge on any atom is -0.426 e. The first-order valence-electron chi connectivity index (χ1n) is 12.3. The lowest BCUT2D eigenvalue weighted by Crippen LogP contribution is -2.51. The molecule has 36 heavy (non-hydrogen) atoms. The average Bonchev–Trinajstić information content (AvgIpc) is 2.87. The fourth-order valence-electron chi connectivity index (χ4n) is 4.40. The Labute approximate surface area is 213 Å². The maximum atomic E-state index is 12.7. The van der Waals surface area contributed by atoms with E-state index in [1.54, 1.807) is 11.0 Å². The lowest BCUT2D eigenvalue weighted by Gasteiger charge is -2.29. The molecule has 1 atom stereocenters. The van der Waals surface area contributed by atoms with E-state index in [1.807, 2.05) is 73.3 Å². The molecule has 1 unspecified atom stereocenters. The van der Waals surface area contributed by atoms with Crippen LogP contribution in [0.5, 0.6) is 0 Å². The van der Waals surface area contributed by atoms with Crippen molar-refractivity contribution in [1.82, 2.24) is 15.1 Å². The van der Waals surface area contributed by atoms with Crippen LogP contribution in [0.25, 0.3) is 6.08 Å². The Morgan fingerprint density at radius 2 is 1.89 bits per heavy atom. The van der Waals surface area contributed by atoms with Crippen molar-refractivity contribution in [2.45, 2.75) is 39.2 Å². The molecule has 1 aliphatic heterocycles. The van der Waals surface area contributed by atoms with Gasteiger partial charge in [0.2, 0.25) is 5.91 Å². The number of likely N-dealkylation sites (N-methyl/N-ethyl adjacent to an activating group) is 1. The van der Waals surface area contributed by atoms with E-state index in [9.17, 15) is 24.9 Å². The molecule has 2 aromatic rings. The quantitative estimate of drug-likeness (QED) is 0.266. The van der Waals surface area contributed by atoms with Crippen molar-refractivity contribution < 1.29 is 19.6 Å². The molecule has 0 fully saturated rings. The fraction of sp³-hybridized carbons (Fsp3) is 0.370.